The Bertz CT molecular complexity index is 677. The molecule has 0 aliphatic rings. The summed E-state index contributed by atoms with van der Waals surface area (Å²) in [7, 11) is 1.36. The minimum absolute atomic E-state index is 0.0796. The molecule has 2 heterocycles. The van der Waals surface area contributed by atoms with Crippen LogP contribution in [0.4, 0.5) is 0 Å². The van der Waals surface area contributed by atoms with Gasteiger partial charge >= 0.3 is 5.97 Å². The Morgan fingerprint density at radius 3 is 3.00 bits per heavy atom. The Labute approximate surface area is 120 Å². The maximum absolute atomic E-state index is 11.4. The Morgan fingerprint density at radius 1 is 1.48 bits per heavy atom. The maximum Gasteiger partial charge on any atom is 0.305 e. The number of hydrogen-bond donors (Lipinski definition) is 1. The maximum atomic E-state index is 11.4. The molecule has 21 heavy (non-hydrogen) atoms. The van der Waals surface area contributed by atoms with Crippen molar-refractivity contribution in [3.63, 3.8) is 0 Å². The first-order chi connectivity index (χ1) is 10.1. The minimum Gasteiger partial charge on any atom is -0.469 e. The van der Waals surface area contributed by atoms with Gasteiger partial charge in [-0.15, -0.1) is 0 Å². The molecule has 8 heteroatoms. The summed E-state index contributed by atoms with van der Waals surface area (Å²) in [5.74, 6) is -0.253. The zero-order valence-corrected chi connectivity index (χ0v) is 11.6. The number of hydrogen-bond acceptors (Lipinski definition) is 6. The Hall–Kier alpha value is -2.48. The Morgan fingerprint density at radius 2 is 2.29 bits per heavy atom. The topological polar surface area (TPSA) is 99.2 Å². The first kappa shape index (κ1) is 14.9. The van der Waals surface area contributed by atoms with E-state index in [0.717, 1.165) is 0 Å². The average Bonchev–Trinajstić information content (AvgIpc) is 2.96. The lowest BCUT2D eigenvalue weighted by Gasteiger charge is -2.03. The lowest BCUT2D eigenvalue weighted by molar-refractivity contribution is -0.140. The van der Waals surface area contributed by atoms with Crippen molar-refractivity contribution in [2.24, 2.45) is 0 Å². The van der Waals surface area contributed by atoms with E-state index in [0.29, 0.717) is 25.1 Å². The smallest absolute Gasteiger partial charge is 0.305 e. The third kappa shape index (κ3) is 3.76. The summed E-state index contributed by atoms with van der Waals surface area (Å²) < 4.78 is 7.71. The molecule has 0 bridgehead atoms. The van der Waals surface area contributed by atoms with Gasteiger partial charge in [-0.05, 0) is 6.42 Å². The van der Waals surface area contributed by atoms with E-state index in [1.165, 1.54) is 24.1 Å². The highest BCUT2D eigenvalue weighted by atomic mass is 16.5. The summed E-state index contributed by atoms with van der Waals surface area (Å²) >= 11 is 0. The van der Waals surface area contributed by atoms with Crippen LogP contribution in [0.15, 0.2) is 29.5 Å². The number of aliphatic hydroxyl groups is 1. The van der Waals surface area contributed by atoms with Gasteiger partial charge in [0.05, 0.1) is 26.1 Å². The van der Waals surface area contributed by atoms with E-state index in [9.17, 15) is 9.59 Å². The summed E-state index contributed by atoms with van der Waals surface area (Å²) in [6, 6.07) is 1.34. The Kier molecular flexibility index (Phi) is 4.83. The van der Waals surface area contributed by atoms with E-state index >= 15 is 0 Å². The van der Waals surface area contributed by atoms with Crippen LogP contribution in [-0.4, -0.2) is 37.7 Å². The van der Waals surface area contributed by atoms with Crippen molar-refractivity contribution in [3.8, 4) is 5.69 Å². The van der Waals surface area contributed by atoms with Crippen LogP contribution < -0.4 is 5.43 Å². The SMILES string of the molecule is COC(=O)CCCn1cc(-n2ccc(=O)c(CO)n2)cn1. The third-order valence-electron chi connectivity index (χ3n) is 2.91. The van der Waals surface area contributed by atoms with Crippen LogP contribution in [0.3, 0.4) is 0 Å². The van der Waals surface area contributed by atoms with E-state index in [2.05, 4.69) is 14.9 Å². The van der Waals surface area contributed by atoms with Crippen molar-refractivity contribution in [2.75, 3.05) is 7.11 Å². The molecule has 0 aliphatic heterocycles. The van der Waals surface area contributed by atoms with Gasteiger partial charge in [-0.25, -0.2) is 4.68 Å². The van der Waals surface area contributed by atoms with E-state index in [-0.39, 0.29) is 17.1 Å². The zero-order valence-electron chi connectivity index (χ0n) is 11.6. The minimum atomic E-state index is -0.410. The van der Waals surface area contributed by atoms with E-state index in [4.69, 9.17) is 5.11 Å². The molecule has 2 rings (SSSR count). The second kappa shape index (κ2) is 6.80. The average molecular weight is 292 g/mol. The summed E-state index contributed by atoms with van der Waals surface area (Å²) in [4.78, 5) is 22.4. The van der Waals surface area contributed by atoms with Crippen molar-refractivity contribution in [1.82, 2.24) is 19.6 Å². The van der Waals surface area contributed by atoms with Crippen LogP contribution in [-0.2, 0) is 22.7 Å². The number of ether oxygens (including phenoxy) is 1. The van der Waals surface area contributed by atoms with E-state index in [1.54, 1.807) is 17.1 Å². The predicted octanol–water partition coefficient (Wildman–Crippen LogP) is -0.126. The van der Waals surface area contributed by atoms with Crippen LogP contribution in [0.25, 0.3) is 5.69 Å². The van der Waals surface area contributed by atoms with Gasteiger partial charge in [-0.2, -0.15) is 10.2 Å². The largest absolute Gasteiger partial charge is 0.469 e. The van der Waals surface area contributed by atoms with Crippen LogP contribution in [0.5, 0.6) is 0 Å². The lowest BCUT2D eigenvalue weighted by atomic mass is 10.3. The van der Waals surface area contributed by atoms with Gasteiger partial charge in [0.1, 0.15) is 11.4 Å². The molecule has 112 valence electrons. The summed E-state index contributed by atoms with van der Waals surface area (Å²) in [5, 5.41) is 17.2. The Balaban J connectivity index is 2.06. The molecule has 0 amide bonds. The first-order valence-electron chi connectivity index (χ1n) is 6.43. The van der Waals surface area contributed by atoms with E-state index in [1.807, 2.05) is 0 Å². The lowest BCUT2D eigenvalue weighted by Crippen LogP contribution is -2.15. The zero-order chi connectivity index (χ0) is 15.2. The number of aliphatic hydroxyl groups excluding tert-OH is 1. The van der Waals surface area contributed by atoms with Crippen molar-refractivity contribution >= 4 is 5.97 Å². The fourth-order valence-electron chi connectivity index (χ4n) is 1.78. The number of carbonyl (C=O) groups excluding carboxylic acids is 1. The summed E-state index contributed by atoms with van der Waals surface area (Å²) in [6.45, 7) is 0.162. The second-order valence-electron chi connectivity index (χ2n) is 4.37. The molecule has 0 aromatic carbocycles. The monoisotopic (exact) mass is 292 g/mol. The molecular weight excluding hydrogens is 276 g/mol. The van der Waals surface area contributed by atoms with Crippen LogP contribution in [0, 0.1) is 0 Å². The predicted molar refractivity (Wildman–Crippen MR) is 72.8 cm³/mol. The number of nitrogens with zero attached hydrogens (tertiary/aromatic N) is 4. The number of methoxy groups -OCH3 is 1. The van der Waals surface area contributed by atoms with Gasteiger partial charge in [-0.3, -0.25) is 14.3 Å². The molecule has 2 aromatic heterocycles. The highest BCUT2D eigenvalue weighted by Gasteiger charge is 2.06. The number of esters is 1. The standard InChI is InChI=1S/C13H16N4O4/c1-21-13(20)3-2-5-16-8-10(7-14-16)17-6-4-12(19)11(9-18)15-17/h4,6-8,18H,2-3,5,9H2,1H3. The van der Waals surface area contributed by atoms with Gasteiger partial charge in [0.15, 0.2) is 0 Å². The fourth-order valence-corrected chi connectivity index (χ4v) is 1.78. The molecule has 0 unspecified atom stereocenters. The number of aromatic nitrogens is 4. The van der Waals surface area contributed by atoms with Gasteiger partial charge in [0.2, 0.25) is 5.43 Å². The molecule has 0 saturated carbocycles. The highest BCUT2D eigenvalue weighted by Crippen LogP contribution is 2.05. The van der Waals surface area contributed by atoms with E-state index < -0.39 is 6.61 Å². The quantitative estimate of drug-likeness (QED) is 0.745. The molecule has 0 spiro atoms. The first-order valence-corrected chi connectivity index (χ1v) is 6.43. The highest BCUT2D eigenvalue weighted by molar-refractivity contribution is 5.68. The summed E-state index contributed by atoms with van der Waals surface area (Å²) in [6.07, 6.45) is 5.80. The number of aryl methyl sites for hydroxylation is 1. The number of rotatable bonds is 6. The molecule has 1 N–H and O–H groups in total. The molecule has 0 atom stereocenters. The van der Waals surface area contributed by atoms with Crippen LogP contribution in [0.1, 0.15) is 18.5 Å². The third-order valence-corrected chi connectivity index (χ3v) is 2.91. The van der Waals surface area contributed by atoms with Crippen molar-refractivity contribution < 1.29 is 14.6 Å². The van der Waals surface area contributed by atoms with Gasteiger partial charge in [0.25, 0.3) is 0 Å². The summed E-state index contributed by atoms with van der Waals surface area (Å²) in [5.41, 5.74) is 0.443. The normalized spacial score (nSPS) is 10.6. The fraction of sp³-hybridized carbons (Fsp3) is 0.385. The van der Waals surface area contributed by atoms with Crippen molar-refractivity contribution in [2.45, 2.75) is 26.0 Å². The molecular formula is C13H16N4O4. The molecule has 8 nitrogen and oxygen atoms in total. The van der Waals surface area contributed by atoms with Crippen molar-refractivity contribution in [3.05, 3.63) is 40.6 Å². The van der Waals surface area contributed by atoms with Crippen LogP contribution in [0.2, 0.25) is 0 Å². The molecule has 0 saturated heterocycles. The molecule has 0 fully saturated rings. The molecule has 0 aliphatic carbocycles. The number of carbonyl (C=O) groups is 1. The van der Waals surface area contributed by atoms with Crippen molar-refractivity contribution in [1.29, 1.82) is 0 Å². The van der Waals surface area contributed by atoms with Gasteiger partial charge < -0.3 is 9.84 Å². The second-order valence-corrected chi connectivity index (χ2v) is 4.37. The molecule has 2 aromatic rings. The van der Waals surface area contributed by atoms with Gasteiger partial charge in [0, 0.05) is 25.2 Å². The molecule has 0 radical (unpaired) electrons. The van der Waals surface area contributed by atoms with Gasteiger partial charge in [-0.1, -0.05) is 0 Å². The van der Waals surface area contributed by atoms with Crippen LogP contribution >= 0.6 is 0 Å².